The lowest BCUT2D eigenvalue weighted by Crippen LogP contribution is -2.27. The monoisotopic (exact) mass is 254 g/mol. The van der Waals surface area contributed by atoms with E-state index in [9.17, 15) is 4.79 Å². The molecule has 0 fully saturated rings. The Morgan fingerprint density at radius 3 is 2.44 bits per heavy atom. The fourth-order valence-electron chi connectivity index (χ4n) is 1.98. The molecule has 18 heavy (non-hydrogen) atoms. The van der Waals surface area contributed by atoms with Crippen LogP contribution in [0.4, 0.5) is 0 Å². The van der Waals surface area contributed by atoms with E-state index in [0.29, 0.717) is 12.3 Å². The van der Waals surface area contributed by atoms with Gasteiger partial charge in [-0.2, -0.15) is 0 Å². The van der Waals surface area contributed by atoms with Gasteiger partial charge in [-0.25, -0.2) is 0 Å². The standard InChI is InChI=1S/C16H30O2/c1-7-12-16(5,6)18-15(17)11-9-8-10-14(4)13(2)3/h14H,2,7-12H2,1,3-6H3. The Hall–Kier alpha value is -0.790. The molecule has 0 aliphatic carbocycles. The van der Waals surface area contributed by atoms with Gasteiger partial charge < -0.3 is 4.74 Å². The predicted molar refractivity (Wildman–Crippen MR) is 77.5 cm³/mol. The zero-order chi connectivity index (χ0) is 14.2. The number of carbonyl (C=O) groups excluding carboxylic acids is 1. The maximum atomic E-state index is 11.7. The van der Waals surface area contributed by atoms with Crippen LogP contribution in [-0.2, 0) is 9.53 Å². The maximum absolute atomic E-state index is 11.7. The number of esters is 1. The molecule has 0 N–H and O–H groups in total. The van der Waals surface area contributed by atoms with Gasteiger partial charge in [-0.1, -0.05) is 38.8 Å². The van der Waals surface area contributed by atoms with Crippen LogP contribution in [0.5, 0.6) is 0 Å². The van der Waals surface area contributed by atoms with E-state index in [1.807, 2.05) is 13.8 Å². The number of ether oxygens (including phenoxy) is 1. The highest BCUT2D eigenvalue weighted by Gasteiger charge is 2.21. The van der Waals surface area contributed by atoms with Gasteiger partial charge in [0.25, 0.3) is 0 Å². The zero-order valence-corrected chi connectivity index (χ0v) is 12.8. The second-order valence-corrected chi connectivity index (χ2v) is 5.98. The van der Waals surface area contributed by atoms with E-state index in [-0.39, 0.29) is 11.6 Å². The van der Waals surface area contributed by atoms with Crippen molar-refractivity contribution in [2.75, 3.05) is 0 Å². The number of carbonyl (C=O) groups is 1. The summed E-state index contributed by atoms with van der Waals surface area (Å²) in [6, 6.07) is 0. The van der Waals surface area contributed by atoms with Crippen LogP contribution in [0.2, 0.25) is 0 Å². The first kappa shape index (κ1) is 17.2. The lowest BCUT2D eigenvalue weighted by Gasteiger charge is -2.24. The van der Waals surface area contributed by atoms with Crippen molar-refractivity contribution < 1.29 is 9.53 Å². The molecule has 0 aromatic heterocycles. The third-order valence-electron chi connectivity index (χ3n) is 3.35. The van der Waals surface area contributed by atoms with Crippen LogP contribution in [-0.4, -0.2) is 11.6 Å². The van der Waals surface area contributed by atoms with Gasteiger partial charge in [-0.15, -0.1) is 0 Å². The molecule has 106 valence electrons. The first-order valence-electron chi connectivity index (χ1n) is 7.15. The average molecular weight is 254 g/mol. The van der Waals surface area contributed by atoms with E-state index in [1.54, 1.807) is 0 Å². The summed E-state index contributed by atoms with van der Waals surface area (Å²) < 4.78 is 5.48. The molecule has 0 rings (SSSR count). The summed E-state index contributed by atoms with van der Waals surface area (Å²) in [4.78, 5) is 11.7. The van der Waals surface area contributed by atoms with Gasteiger partial charge in [0, 0.05) is 6.42 Å². The fourth-order valence-corrected chi connectivity index (χ4v) is 1.98. The summed E-state index contributed by atoms with van der Waals surface area (Å²) in [5.41, 5.74) is 0.915. The van der Waals surface area contributed by atoms with Crippen LogP contribution in [0.1, 0.15) is 73.1 Å². The molecule has 0 amide bonds. The van der Waals surface area contributed by atoms with E-state index in [4.69, 9.17) is 4.74 Å². The Morgan fingerprint density at radius 2 is 1.94 bits per heavy atom. The average Bonchev–Trinajstić information content (AvgIpc) is 2.22. The minimum Gasteiger partial charge on any atom is -0.460 e. The van der Waals surface area contributed by atoms with E-state index < -0.39 is 0 Å². The Labute approximate surface area is 113 Å². The van der Waals surface area contributed by atoms with Crippen molar-refractivity contribution in [2.45, 2.75) is 78.7 Å². The van der Waals surface area contributed by atoms with Crippen LogP contribution in [0.25, 0.3) is 0 Å². The van der Waals surface area contributed by atoms with Gasteiger partial charge in [-0.05, 0) is 46.0 Å². The largest absolute Gasteiger partial charge is 0.460 e. The molecule has 0 radical (unpaired) electrons. The molecule has 0 spiro atoms. The van der Waals surface area contributed by atoms with Crippen molar-refractivity contribution in [3.05, 3.63) is 12.2 Å². The van der Waals surface area contributed by atoms with Gasteiger partial charge in [0.2, 0.25) is 0 Å². The first-order chi connectivity index (χ1) is 8.28. The molecule has 1 atom stereocenters. The van der Waals surface area contributed by atoms with E-state index in [0.717, 1.165) is 32.1 Å². The molecule has 0 saturated carbocycles. The second-order valence-electron chi connectivity index (χ2n) is 5.98. The highest BCUT2D eigenvalue weighted by Crippen LogP contribution is 2.19. The second kappa shape index (κ2) is 8.34. The number of allylic oxidation sites excluding steroid dienone is 1. The van der Waals surface area contributed by atoms with Gasteiger partial charge in [-0.3, -0.25) is 4.79 Å². The molecular formula is C16H30O2. The Morgan fingerprint density at radius 1 is 1.33 bits per heavy atom. The highest BCUT2D eigenvalue weighted by molar-refractivity contribution is 5.69. The number of hydrogen-bond donors (Lipinski definition) is 0. The quantitative estimate of drug-likeness (QED) is 0.333. The summed E-state index contributed by atoms with van der Waals surface area (Å²) in [6.45, 7) is 14.3. The van der Waals surface area contributed by atoms with E-state index in [1.165, 1.54) is 5.57 Å². The van der Waals surface area contributed by atoms with Crippen LogP contribution < -0.4 is 0 Å². The summed E-state index contributed by atoms with van der Waals surface area (Å²) in [7, 11) is 0. The van der Waals surface area contributed by atoms with Gasteiger partial charge >= 0.3 is 5.97 Å². The molecule has 0 aliphatic heterocycles. The Kier molecular flexibility index (Phi) is 7.97. The van der Waals surface area contributed by atoms with Crippen LogP contribution in [0, 0.1) is 5.92 Å². The lowest BCUT2D eigenvalue weighted by atomic mass is 9.97. The van der Waals surface area contributed by atoms with Crippen molar-refractivity contribution >= 4 is 5.97 Å². The van der Waals surface area contributed by atoms with Crippen LogP contribution in [0.3, 0.4) is 0 Å². The van der Waals surface area contributed by atoms with Crippen molar-refractivity contribution in [3.63, 3.8) is 0 Å². The Bertz CT molecular complexity index is 266. The molecule has 0 saturated heterocycles. The van der Waals surface area contributed by atoms with Crippen molar-refractivity contribution in [1.29, 1.82) is 0 Å². The van der Waals surface area contributed by atoms with Crippen molar-refractivity contribution in [2.24, 2.45) is 5.92 Å². The molecular weight excluding hydrogens is 224 g/mol. The van der Waals surface area contributed by atoms with Gasteiger partial charge in [0.05, 0.1) is 0 Å². The number of hydrogen-bond acceptors (Lipinski definition) is 2. The minimum absolute atomic E-state index is 0.0589. The fraction of sp³-hybridized carbons (Fsp3) is 0.812. The summed E-state index contributed by atoms with van der Waals surface area (Å²) in [6.07, 6.45) is 5.59. The SMILES string of the molecule is C=C(C)C(C)CCCCC(=O)OC(C)(C)CCC. The summed E-state index contributed by atoms with van der Waals surface area (Å²) in [5, 5.41) is 0. The number of unbranched alkanes of at least 4 members (excludes halogenated alkanes) is 1. The highest BCUT2D eigenvalue weighted by atomic mass is 16.6. The topological polar surface area (TPSA) is 26.3 Å². The Balaban J connectivity index is 3.75. The molecule has 0 bridgehead atoms. The first-order valence-corrected chi connectivity index (χ1v) is 7.15. The summed E-state index contributed by atoms with van der Waals surface area (Å²) in [5.74, 6) is 0.494. The maximum Gasteiger partial charge on any atom is 0.306 e. The third-order valence-corrected chi connectivity index (χ3v) is 3.35. The lowest BCUT2D eigenvalue weighted by molar-refractivity contribution is -0.157. The van der Waals surface area contributed by atoms with Crippen LogP contribution in [0.15, 0.2) is 12.2 Å². The normalized spacial score (nSPS) is 13.2. The molecule has 2 heteroatoms. The van der Waals surface area contributed by atoms with Gasteiger partial charge in [0.1, 0.15) is 5.60 Å². The predicted octanol–water partition coefficient (Wildman–Crippen LogP) is 4.88. The van der Waals surface area contributed by atoms with Gasteiger partial charge in [0.15, 0.2) is 0 Å². The molecule has 1 unspecified atom stereocenters. The smallest absolute Gasteiger partial charge is 0.306 e. The third kappa shape index (κ3) is 8.32. The van der Waals surface area contributed by atoms with Crippen molar-refractivity contribution in [1.82, 2.24) is 0 Å². The zero-order valence-electron chi connectivity index (χ0n) is 12.8. The van der Waals surface area contributed by atoms with E-state index >= 15 is 0 Å². The summed E-state index contributed by atoms with van der Waals surface area (Å²) >= 11 is 0. The number of rotatable bonds is 9. The van der Waals surface area contributed by atoms with Crippen molar-refractivity contribution in [3.8, 4) is 0 Å². The molecule has 0 aliphatic rings. The molecule has 2 nitrogen and oxygen atoms in total. The molecule has 0 aromatic rings. The van der Waals surface area contributed by atoms with Crippen LogP contribution >= 0.6 is 0 Å². The molecule has 0 heterocycles. The molecule has 0 aromatic carbocycles. The minimum atomic E-state index is -0.309. The van der Waals surface area contributed by atoms with E-state index in [2.05, 4.69) is 27.4 Å².